The number of amides is 1. The maximum absolute atomic E-state index is 13.5. The summed E-state index contributed by atoms with van der Waals surface area (Å²) < 4.78 is 48.9. The van der Waals surface area contributed by atoms with Crippen molar-refractivity contribution in [2.75, 3.05) is 31.3 Å². The van der Waals surface area contributed by atoms with E-state index in [0.29, 0.717) is 11.5 Å². The Hall–Kier alpha value is -2.81. The molecule has 0 bridgehead atoms. The molecule has 0 aliphatic heterocycles. The molecular weight excluding hydrogens is 387 g/mol. The molecule has 0 fully saturated rings. The average molecular weight is 410 g/mol. The number of nitrogens with zero attached hydrogens (tertiary/aromatic N) is 1. The normalized spacial score (nSPS) is 12.2. The molecule has 0 spiro atoms. The minimum absolute atomic E-state index is 0.0800. The van der Waals surface area contributed by atoms with Gasteiger partial charge in [-0.3, -0.25) is 9.10 Å². The number of hydrogen-bond donors (Lipinski definition) is 1. The van der Waals surface area contributed by atoms with Gasteiger partial charge in [-0.1, -0.05) is 12.1 Å². The highest BCUT2D eigenvalue weighted by Crippen LogP contribution is 2.30. The van der Waals surface area contributed by atoms with Gasteiger partial charge in [0.05, 0.1) is 32.2 Å². The molecule has 0 heterocycles. The molecule has 0 aliphatic carbocycles. The molecule has 1 N–H and O–H groups in total. The van der Waals surface area contributed by atoms with E-state index in [1.54, 1.807) is 25.1 Å². The Balaban J connectivity index is 2.16. The molecule has 0 unspecified atom stereocenters. The van der Waals surface area contributed by atoms with Gasteiger partial charge in [-0.05, 0) is 42.8 Å². The van der Waals surface area contributed by atoms with Gasteiger partial charge < -0.3 is 14.8 Å². The number of sulfonamides is 1. The summed E-state index contributed by atoms with van der Waals surface area (Å²) >= 11 is 0. The van der Waals surface area contributed by atoms with Gasteiger partial charge in [0.1, 0.15) is 12.4 Å². The molecule has 7 nitrogen and oxygen atoms in total. The monoisotopic (exact) mass is 410 g/mol. The quantitative estimate of drug-likeness (QED) is 0.723. The maximum atomic E-state index is 13.5. The zero-order chi connectivity index (χ0) is 20.9. The molecule has 9 heteroatoms. The van der Waals surface area contributed by atoms with Crippen molar-refractivity contribution in [3.63, 3.8) is 0 Å². The molecule has 0 saturated carbocycles. The smallest absolute Gasteiger partial charge is 0.241 e. The van der Waals surface area contributed by atoms with Crippen LogP contribution in [0.2, 0.25) is 0 Å². The molecule has 28 heavy (non-hydrogen) atoms. The second-order valence-corrected chi connectivity index (χ2v) is 8.06. The lowest BCUT2D eigenvalue weighted by Gasteiger charge is -2.23. The van der Waals surface area contributed by atoms with Gasteiger partial charge in [0.25, 0.3) is 0 Å². The van der Waals surface area contributed by atoms with E-state index in [2.05, 4.69) is 5.32 Å². The Bertz CT molecular complexity index is 949. The number of rotatable bonds is 8. The molecular formula is C19H23FN2O5S. The molecule has 1 amide bonds. The minimum Gasteiger partial charge on any atom is -0.493 e. The summed E-state index contributed by atoms with van der Waals surface area (Å²) in [5.41, 5.74) is 0.832. The van der Waals surface area contributed by atoms with Gasteiger partial charge in [0.15, 0.2) is 11.5 Å². The van der Waals surface area contributed by atoms with E-state index in [1.165, 1.54) is 32.4 Å². The minimum atomic E-state index is -3.78. The van der Waals surface area contributed by atoms with E-state index in [9.17, 15) is 17.6 Å². The number of halogens is 1. The molecule has 0 saturated heterocycles. The van der Waals surface area contributed by atoms with Gasteiger partial charge in [-0.15, -0.1) is 0 Å². The Morgan fingerprint density at radius 3 is 2.39 bits per heavy atom. The zero-order valence-corrected chi connectivity index (χ0v) is 16.9. The van der Waals surface area contributed by atoms with Crippen molar-refractivity contribution in [3.05, 3.63) is 53.8 Å². The van der Waals surface area contributed by atoms with E-state index < -0.39 is 34.3 Å². The van der Waals surface area contributed by atoms with Crippen molar-refractivity contribution in [2.45, 2.75) is 13.0 Å². The third-order valence-electron chi connectivity index (χ3n) is 4.07. The molecule has 1 atom stereocenters. The standard InChI is InChI=1S/C19H23FN2O5S/c1-13(14-8-9-17(26-2)18(10-14)27-3)21-19(23)12-22(28(4,24)25)16-7-5-6-15(20)11-16/h5-11,13H,12H2,1-4H3,(H,21,23)/t13-/m1/s1. The fourth-order valence-corrected chi connectivity index (χ4v) is 3.50. The number of benzene rings is 2. The third-order valence-corrected chi connectivity index (χ3v) is 5.21. The summed E-state index contributed by atoms with van der Waals surface area (Å²) in [7, 11) is -0.750. The molecule has 0 aromatic heterocycles. The van der Waals surface area contributed by atoms with Gasteiger partial charge >= 0.3 is 0 Å². The number of hydrogen-bond acceptors (Lipinski definition) is 5. The number of carbonyl (C=O) groups is 1. The van der Waals surface area contributed by atoms with Crippen LogP contribution in [0.3, 0.4) is 0 Å². The van der Waals surface area contributed by atoms with Crippen LogP contribution in [-0.2, 0) is 14.8 Å². The number of methoxy groups -OCH3 is 2. The fraction of sp³-hybridized carbons (Fsp3) is 0.316. The zero-order valence-electron chi connectivity index (χ0n) is 16.1. The molecule has 152 valence electrons. The number of ether oxygens (including phenoxy) is 2. The number of anilines is 1. The van der Waals surface area contributed by atoms with Crippen LogP contribution < -0.4 is 19.1 Å². The second-order valence-electron chi connectivity index (χ2n) is 6.15. The second kappa shape index (κ2) is 8.92. The average Bonchev–Trinajstić information content (AvgIpc) is 2.64. The maximum Gasteiger partial charge on any atom is 0.241 e. The van der Waals surface area contributed by atoms with Crippen LogP contribution >= 0.6 is 0 Å². The summed E-state index contributed by atoms with van der Waals surface area (Å²) in [6, 6.07) is 9.86. The first-order valence-electron chi connectivity index (χ1n) is 8.40. The van der Waals surface area contributed by atoms with Crippen molar-refractivity contribution in [1.29, 1.82) is 0 Å². The third kappa shape index (κ3) is 5.35. The number of carbonyl (C=O) groups excluding carboxylic acids is 1. The van der Waals surface area contributed by atoms with E-state index in [1.807, 2.05) is 0 Å². The molecule has 0 radical (unpaired) electrons. The van der Waals surface area contributed by atoms with Crippen LogP contribution in [-0.4, -0.2) is 41.3 Å². The predicted molar refractivity (Wildman–Crippen MR) is 105 cm³/mol. The van der Waals surface area contributed by atoms with Gasteiger partial charge in [-0.25, -0.2) is 12.8 Å². The van der Waals surface area contributed by atoms with Crippen molar-refractivity contribution in [3.8, 4) is 11.5 Å². The summed E-state index contributed by atoms with van der Waals surface area (Å²) in [5.74, 6) is -0.0556. The highest BCUT2D eigenvalue weighted by atomic mass is 32.2. The first-order valence-corrected chi connectivity index (χ1v) is 10.2. The summed E-state index contributed by atoms with van der Waals surface area (Å²) in [6.07, 6.45) is 0.961. The van der Waals surface area contributed by atoms with E-state index >= 15 is 0 Å². The highest BCUT2D eigenvalue weighted by molar-refractivity contribution is 7.92. The van der Waals surface area contributed by atoms with E-state index in [-0.39, 0.29) is 5.69 Å². The van der Waals surface area contributed by atoms with Gasteiger partial charge in [-0.2, -0.15) is 0 Å². The number of nitrogens with one attached hydrogen (secondary N) is 1. The summed E-state index contributed by atoms with van der Waals surface area (Å²) in [5, 5.41) is 2.74. The van der Waals surface area contributed by atoms with E-state index in [0.717, 1.165) is 22.2 Å². The van der Waals surface area contributed by atoms with Crippen LogP contribution in [0.5, 0.6) is 11.5 Å². The lowest BCUT2D eigenvalue weighted by molar-refractivity contribution is -0.120. The van der Waals surface area contributed by atoms with Crippen LogP contribution in [0.25, 0.3) is 0 Å². The van der Waals surface area contributed by atoms with Crippen LogP contribution in [0.1, 0.15) is 18.5 Å². The largest absolute Gasteiger partial charge is 0.493 e. The van der Waals surface area contributed by atoms with Crippen LogP contribution in [0, 0.1) is 5.82 Å². The Kier molecular flexibility index (Phi) is 6.85. The molecule has 2 aromatic carbocycles. The molecule has 2 aromatic rings. The highest BCUT2D eigenvalue weighted by Gasteiger charge is 2.22. The van der Waals surface area contributed by atoms with Crippen molar-refractivity contribution in [2.24, 2.45) is 0 Å². The predicted octanol–water partition coefficient (Wildman–Crippen LogP) is 2.49. The van der Waals surface area contributed by atoms with Gasteiger partial charge in [0, 0.05) is 0 Å². The van der Waals surface area contributed by atoms with Crippen LogP contribution in [0.4, 0.5) is 10.1 Å². The summed E-state index contributed by atoms with van der Waals surface area (Å²) in [4.78, 5) is 12.5. The van der Waals surface area contributed by atoms with Crippen LogP contribution in [0.15, 0.2) is 42.5 Å². The van der Waals surface area contributed by atoms with E-state index in [4.69, 9.17) is 9.47 Å². The Labute approximate surface area is 164 Å². The lowest BCUT2D eigenvalue weighted by atomic mass is 10.1. The fourth-order valence-electron chi connectivity index (χ4n) is 2.65. The van der Waals surface area contributed by atoms with Crippen molar-refractivity contribution in [1.82, 2.24) is 5.32 Å². The van der Waals surface area contributed by atoms with Crippen molar-refractivity contribution >= 4 is 21.6 Å². The first-order chi connectivity index (χ1) is 13.2. The van der Waals surface area contributed by atoms with Gasteiger partial charge in [0.2, 0.25) is 15.9 Å². The Morgan fingerprint density at radius 2 is 1.82 bits per heavy atom. The Morgan fingerprint density at radius 1 is 1.14 bits per heavy atom. The SMILES string of the molecule is COc1ccc([C@@H](C)NC(=O)CN(c2cccc(F)c2)S(C)(=O)=O)cc1OC. The van der Waals surface area contributed by atoms with Crippen molar-refractivity contribution < 1.29 is 27.1 Å². The lowest BCUT2D eigenvalue weighted by Crippen LogP contribution is -2.41. The topological polar surface area (TPSA) is 84.9 Å². The molecule has 0 aliphatic rings. The molecule has 2 rings (SSSR count). The summed E-state index contributed by atoms with van der Waals surface area (Å²) in [6.45, 7) is 1.28. The first kappa shape index (κ1) is 21.5.